The van der Waals surface area contributed by atoms with Crippen molar-refractivity contribution >= 4 is 11.0 Å². The molecule has 0 spiro atoms. The number of fused-ring (bicyclic) bond motifs is 1. The Morgan fingerprint density at radius 1 is 1.24 bits per heavy atom. The number of benzene rings is 1. The molecule has 0 radical (unpaired) electrons. The van der Waals surface area contributed by atoms with Crippen LogP contribution in [0.5, 0.6) is 5.75 Å². The zero-order valence-electron chi connectivity index (χ0n) is 10.4. The molecule has 0 saturated heterocycles. The van der Waals surface area contributed by atoms with E-state index in [1.807, 2.05) is 0 Å². The molecule has 0 unspecified atom stereocenters. The van der Waals surface area contributed by atoms with Gasteiger partial charge in [0.25, 0.3) is 5.56 Å². The summed E-state index contributed by atoms with van der Waals surface area (Å²) in [7, 11) is 0. The van der Waals surface area contributed by atoms with E-state index in [4.69, 9.17) is 0 Å². The smallest absolute Gasteiger partial charge is 0.406 e. The predicted molar refractivity (Wildman–Crippen MR) is 68.4 cm³/mol. The fraction of sp³-hybridized carbons (Fsp3) is 0.0769. The number of aromatic amines is 1. The number of nitrogens with zero attached hydrogens (tertiary/aromatic N) is 2. The van der Waals surface area contributed by atoms with Crippen molar-refractivity contribution in [2.45, 2.75) is 6.36 Å². The van der Waals surface area contributed by atoms with E-state index in [-0.39, 0.29) is 11.3 Å². The maximum absolute atomic E-state index is 12.2. The van der Waals surface area contributed by atoms with Crippen molar-refractivity contribution in [1.82, 2.24) is 14.5 Å². The lowest BCUT2D eigenvalue weighted by atomic mass is 10.3. The summed E-state index contributed by atoms with van der Waals surface area (Å²) in [4.78, 5) is 18.1. The molecule has 3 aromatic rings. The molecule has 0 aliphatic carbocycles. The van der Waals surface area contributed by atoms with E-state index in [9.17, 15) is 18.0 Å². The molecule has 0 amide bonds. The van der Waals surface area contributed by atoms with E-state index in [0.29, 0.717) is 16.7 Å². The zero-order chi connectivity index (χ0) is 15.0. The lowest BCUT2D eigenvalue weighted by Gasteiger charge is -2.10. The summed E-state index contributed by atoms with van der Waals surface area (Å²) in [5.74, 6) is -0.341. The van der Waals surface area contributed by atoms with Gasteiger partial charge in [0.2, 0.25) is 0 Å². The van der Waals surface area contributed by atoms with Gasteiger partial charge in [0.05, 0.1) is 17.4 Å². The lowest BCUT2D eigenvalue weighted by molar-refractivity contribution is -0.274. The van der Waals surface area contributed by atoms with Crippen molar-refractivity contribution in [2.75, 3.05) is 0 Å². The molecule has 5 nitrogen and oxygen atoms in total. The molecule has 1 N–H and O–H groups in total. The number of aromatic nitrogens is 3. The van der Waals surface area contributed by atoms with E-state index < -0.39 is 6.36 Å². The Kier molecular flexibility index (Phi) is 2.93. The molecule has 2 aromatic heterocycles. The SMILES string of the molecule is O=c1[nH]cnc2c1ccn2-c1cccc(OC(F)(F)F)c1. The number of alkyl halides is 3. The molecule has 2 heterocycles. The highest BCUT2D eigenvalue weighted by atomic mass is 19.4. The quantitative estimate of drug-likeness (QED) is 0.790. The second-order valence-corrected chi connectivity index (χ2v) is 4.20. The minimum absolute atomic E-state index is 0.318. The third-order valence-corrected chi connectivity index (χ3v) is 2.82. The first-order chi connectivity index (χ1) is 9.94. The van der Waals surface area contributed by atoms with Gasteiger partial charge in [0, 0.05) is 12.3 Å². The molecule has 108 valence electrons. The lowest BCUT2D eigenvalue weighted by Crippen LogP contribution is -2.17. The number of halogens is 3. The second-order valence-electron chi connectivity index (χ2n) is 4.20. The van der Waals surface area contributed by atoms with Crippen LogP contribution in [0.25, 0.3) is 16.7 Å². The first kappa shape index (κ1) is 13.2. The topological polar surface area (TPSA) is 59.9 Å². The minimum atomic E-state index is -4.76. The van der Waals surface area contributed by atoms with Crippen LogP contribution in [0.1, 0.15) is 0 Å². The normalized spacial score (nSPS) is 11.8. The Hall–Kier alpha value is -2.77. The van der Waals surface area contributed by atoms with E-state index in [1.54, 1.807) is 18.3 Å². The van der Waals surface area contributed by atoms with Crippen LogP contribution < -0.4 is 10.3 Å². The highest BCUT2D eigenvalue weighted by molar-refractivity contribution is 5.76. The van der Waals surface area contributed by atoms with Gasteiger partial charge in [0.15, 0.2) is 5.65 Å². The van der Waals surface area contributed by atoms with Crippen LogP contribution in [-0.4, -0.2) is 20.9 Å². The Bertz CT molecular complexity index is 851. The van der Waals surface area contributed by atoms with Gasteiger partial charge < -0.3 is 14.3 Å². The van der Waals surface area contributed by atoms with Crippen LogP contribution in [0.15, 0.2) is 47.7 Å². The largest absolute Gasteiger partial charge is 0.573 e. The molecule has 3 rings (SSSR count). The van der Waals surface area contributed by atoms with E-state index in [0.717, 1.165) is 0 Å². The molecule has 0 atom stereocenters. The predicted octanol–water partition coefficient (Wildman–Crippen LogP) is 2.61. The summed E-state index contributed by atoms with van der Waals surface area (Å²) >= 11 is 0. The summed E-state index contributed by atoms with van der Waals surface area (Å²) in [6.45, 7) is 0. The Balaban J connectivity index is 2.09. The van der Waals surface area contributed by atoms with Crippen molar-refractivity contribution in [1.29, 1.82) is 0 Å². The molecular weight excluding hydrogens is 287 g/mol. The average Bonchev–Trinajstić information content (AvgIpc) is 2.82. The first-order valence-corrected chi connectivity index (χ1v) is 5.85. The number of rotatable bonds is 2. The molecule has 1 aromatic carbocycles. The van der Waals surface area contributed by atoms with Crippen LogP contribution in [0.4, 0.5) is 13.2 Å². The molecule has 0 aliphatic heterocycles. The van der Waals surface area contributed by atoms with Gasteiger partial charge in [-0.15, -0.1) is 13.2 Å². The number of nitrogens with one attached hydrogen (secondary N) is 1. The van der Waals surface area contributed by atoms with Gasteiger partial charge in [-0.3, -0.25) is 4.79 Å². The van der Waals surface area contributed by atoms with Gasteiger partial charge in [0.1, 0.15) is 5.75 Å². The van der Waals surface area contributed by atoms with Gasteiger partial charge in [-0.2, -0.15) is 0 Å². The molecular formula is C13H8F3N3O2. The molecule has 21 heavy (non-hydrogen) atoms. The summed E-state index contributed by atoms with van der Waals surface area (Å²) < 4.78 is 42.1. The van der Waals surface area contributed by atoms with Crippen LogP contribution in [0.3, 0.4) is 0 Å². The Morgan fingerprint density at radius 2 is 2.05 bits per heavy atom. The van der Waals surface area contributed by atoms with Crippen molar-refractivity contribution in [3.8, 4) is 11.4 Å². The highest BCUT2D eigenvalue weighted by Crippen LogP contribution is 2.25. The molecule has 0 bridgehead atoms. The van der Waals surface area contributed by atoms with Crippen LogP contribution in [-0.2, 0) is 0 Å². The number of hydrogen-bond acceptors (Lipinski definition) is 3. The van der Waals surface area contributed by atoms with Gasteiger partial charge in [-0.05, 0) is 18.2 Å². The summed E-state index contributed by atoms with van der Waals surface area (Å²) in [5, 5.41) is 0.347. The standard InChI is InChI=1S/C13H8F3N3O2/c14-13(15,16)21-9-3-1-2-8(6-9)19-5-4-10-11(19)17-7-18-12(10)20/h1-7H,(H,17,18,20). The monoisotopic (exact) mass is 295 g/mol. The minimum Gasteiger partial charge on any atom is -0.406 e. The Morgan fingerprint density at radius 3 is 2.81 bits per heavy atom. The van der Waals surface area contributed by atoms with Crippen LogP contribution in [0, 0.1) is 0 Å². The second kappa shape index (κ2) is 4.65. The maximum Gasteiger partial charge on any atom is 0.573 e. The number of ether oxygens (including phenoxy) is 1. The third-order valence-electron chi connectivity index (χ3n) is 2.82. The maximum atomic E-state index is 12.2. The zero-order valence-corrected chi connectivity index (χ0v) is 10.4. The van der Waals surface area contributed by atoms with Crippen LogP contribution >= 0.6 is 0 Å². The van der Waals surface area contributed by atoms with Crippen molar-refractivity contribution < 1.29 is 17.9 Å². The van der Waals surface area contributed by atoms with Gasteiger partial charge in [-0.25, -0.2) is 4.98 Å². The molecule has 0 fully saturated rings. The van der Waals surface area contributed by atoms with Gasteiger partial charge in [-0.1, -0.05) is 6.07 Å². The van der Waals surface area contributed by atoms with E-state index in [2.05, 4.69) is 14.7 Å². The van der Waals surface area contributed by atoms with E-state index in [1.165, 1.54) is 29.1 Å². The third kappa shape index (κ3) is 2.60. The molecule has 0 aliphatic rings. The number of hydrogen-bond donors (Lipinski definition) is 1. The average molecular weight is 295 g/mol. The number of H-pyrrole nitrogens is 1. The summed E-state index contributed by atoms with van der Waals surface area (Å²) in [5.41, 5.74) is 0.439. The van der Waals surface area contributed by atoms with Crippen molar-refractivity contribution in [3.63, 3.8) is 0 Å². The summed E-state index contributed by atoms with van der Waals surface area (Å²) in [6, 6.07) is 6.97. The van der Waals surface area contributed by atoms with E-state index >= 15 is 0 Å². The van der Waals surface area contributed by atoms with Crippen molar-refractivity contribution in [2.24, 2.45) is 0 Å². The molecule has 8 heteroatoms. The summed E-state index contributed by atoms with van der Waals surface area (Å²) in [6.07, 6.45) is -1.97. The molecule has 0 saturated carbocycles. The fourth-order valence-electron chi connectivity index (χ4n) is 2.00. The Labute approximate surface area is 115 Å². The van der Waals surface area contributed by atoms with Gasteiger partial charge >= 0.3 is 6.36 Å². The highest BCUT2D eigenvalue weighted by Gasteiger charge is 2.31. The van der Waals surface area contributed by atoms with Crippen molar-refractivity contribution in [3.05, 3.63) is 53.2 Å². The fourth-order valence-corrected chi connectivity index (χ4v) is 2.00. The van der Waals surface area contributed by atoms with Crippen LogP contribution in [0.2, 0.25) is 0 Å². The first-order valence-electron chi connectivity index (χ1n) is 5.85.